The summed E-state index contributed by atoms with van der Waals surface area (Å²) in [7, 11) is 1.69. The fraction of sp³-hybridized carbons (Fsp3) is 0.484. The van der Waals surface area contributed by atoms with Crippen LogP contribution in [0.1, 0.15) is 72.4 Å². The number of fused-ring (bicyclic) bond motifs is 1. The van der Waals surface area contributed by atoms with Gasteiger partial charge < -0.3 is 16.0 Å². The van der Waals surface area contributed by atoms with Crippen LogP contribution in [0.4, 0.5) is 5.69 Å². The van der Waals surface area contributed by atoms with E-state index in [9.17, 15) is 14.4 Å². The van der Waals surface area contributed by atoms with Gasteiger partial charge in [-0.15, -0.1) is 0 Å². The summed E-state index contributed by atoms with van der Waals surface area (Å²) in [6.45, 7) is 10.3. The number of likely N-dealkylation sites (N-methyl/N-ethyl adjacent to an activating group) is 1. The number of nitrogens with one attached hydrogen (secondary N) is 1. The first-order valence-corrected chi connectivity index (χ1v) is 13.0. The van der Waals surface area contributed by atoms with Crippen LogP contribution in [0.25, 0.3) is 0 Å². The van der Waals surface area contributed by atoms with E-state index in [1.807, 2.05) is 68.4 Å². The number of carbonyl (C=O) groups is 3. The van der Waals surface area contributed by atoms with Gasteiger partial charge in [0.2, 0.25) is 18.0 Å². The molecule has 3 rings (SSSR count). The SMILES string of the molecule is C.CC(C)C[C@@H](C(=O)N[C@H]1N=C(c2ccccc2)c2ccccc2N(C)C1=O)[C@H](CCC(C)(C)C)C(N)=O. The molecule has 0 spiro atoms. The van der Waals surface area contributed by atoms with E-state index in [1.54, 1.807) is 7.05 Å². The number of aliphatic imine (C=N–C) groups is 1. The van der Waals surface area contributed by atoms with Gasteiger partial charge in [0.05, 0.1) is 11.4 Å². The van der Waals surface area contributed by atoms with Crippen LogP contribution in [-0.2, 0) is 14.4 Å². The van der Waals surface area contributed by atoms with Gasteiger partial charge in [0.1, 0.15) is 0 Å². The molecule has 0 fully saturated rings. The van der Waals surface area contributed by atoms with Crippen LogP contribution in [0, 0.1) is 23.2 Å². The van der Waals surface area contributed by atoms with Crippen molar-refractivity contribution in [2.75, 3.05) is 11.9 Å². The summed E-state index contributed by atoms with van der Waals surface area (Å²) in [5.74, 6) is -2.34. The molecule has 38 heavy (non-hydrogen) atoms. The molecule has 0 aromatic heterocycles. The number of nitrogens with two attached hydrogens (primary N) is 1. The predicted octanol–water partition coefficient (Wildman–Crippen LogP) is 5.17. The number of amides is 3. The second-order valence-corrected chi connectivity index (χ2v) is 11.5. The van der Waals surface area contributed by atoms with Crippen molar-refractivity contribution in [3.63, 3.8) is 0 Å². The highest BCUT2D eigenvalue weighted by Gasteiger charge is 2.37. The minimum Gasteiger partial charge on any atom is -0.369 e. The summed E-state index contributed by atoms with van der Waals surface area (Å²) in [6.07, 6.45) is 0.604. The van der Waals surface area contributed by atoms with Crippen LogP contribution in [0.2, 0.25) is 0 Å². The highest BCUT2D eigenvalue weighted by molar-refractivity contribution is 6.20. The molecule has 0 unspecified atom stereocenters. The van der Waals surface area contributed by atoms with Crippen molar-refractivity contribution < 1.29 is 14.4 Å². The molecular weight excluding hydrogens is 476 g/mol. The van der Waals surface area contributed by atoms with Crippen LogP contribution in [0.5, 0.6) is 0 Å². The number of nitrogens with zero attached hydrogens (tertiary/aromatic N) is 2. The van der Waals surface area contributed by atoms with Gasteiger partial charge in [-0.3, -0.25) is 14.4 Å². The Hall–Kier alpha value is -3.48. The van der Waals surface area contributed by atoms with Crippen molar-refractivity contribution in [2.24, 2.45) is 33.9 Å². The van der Waals surface area contributed by atoms with Gasteiger partial charge in [-0.25, -0.2) is 4.99 Å². The molecule has 0 saturated carbocycles. The summed E-state index contributed by atoms with van der Waals surface area (Å²) < 4.78 is 0. The van der Waals surface area contributed by atoms with E-state index < -0.39 is 23.9 Å². The van der Waals surface area contributed by atoms with Gasteiger partial charge in [-0.2, -0.15) is 0 Å². The lowest BCUT2D eigenvalue weighted by Gasteiger charge is -2.29. The molecule has 7 nitrogen and oxygen atoms in total. The predicted molar refractivity (Wildman–Crippen MR) is 155 cm³/mol. The zero-order chi connectivity index (χ0) is 27.3. The Kier molecular flexibility index (Phi) is 10.4. The fourth-order valence-corrected chi connectivity index (χ4v) is 4.78. The molecule has 3 N–H and O–H groups in total. The lowest BCUT2D eigenvalue weighted by atomic mass is 9.78. The normalized spacial score (nSPS) is 17.0. The van der Waals surface area contributed by atoms with Gasteiger partial charge >= 0.3 is 0 Å². The molecule has 0 aliphatic carbocycles. The van der Waals surface area contributed by atoms with E-state index in [2.05, 4.69) is 26.1 Å². The molecule has 0 bridgehead atoms. The van der Waals surface area contributed by atoms with Gasteiger partial charge in [0.25, 0.3) is 5.91 Å². The number of carbonyl (C=O) groups excluding carboxylic acids is 3. The molecule has 1 heterocycles. The molecule has 1 aliphatic rings. The van der Waals surface area contributed by atoms with Gasteiger partial charge in [-0.05, 0) is 36.7 Å². The minimum atomic E-state index is -1.13. The number of para-hydroxylation sites is 1. The highest BCUT2D eigenvalue weighted by atomic mass is 16.2. The lowest BCUT2D eigenvalue weighted by Crippen LogP contribution is -2.50. The topological polar surface area (TPSA) is 105 Å². The zero-order valence-electron chi connectivity index (χ0n) is 22.8. The summed E-state index contributed by atoms with van der Waals surface area (Å²) in [5.41, 5.74) is 8.80. The van der Waals surface area contributed by atoms with Crippen molar-refractivity contribution in [2.45, 2.75) is 67.5 Å². The van der Waals surface area contributed by atoms with Crippen LogP contribution in [0.3, 0.4) is 0 Å². The first-order chi connectivity index (χ1) is 17.4. The van der Waals surface area contributed by atoms with Crippen LogP contribution in [-0.4, -0.2) is 36.6 Å². The quantitative estimate of drug-likeness (QED) is 0.477. The first kappa shape index (κ1) is 30.7. The Morgan fingerprint density at radius 2 is 1.63 bits per heavy atom. The van der Waals surface area contributed by atoms with Crippen molar-refractivity contribution in [1.82, 2.24) is 5.32 Å². The van der Waals surface area contributed by atoms with Crippen molar-refractivity contribution in [3.8, 4) is 0 Å². The summed E-state index contributed by atoms with van der Waals surface area (Å²) in [6, 6.07) is 17.2. The highest BCUT2D eigenvalue weighted by Crippen LogP contribution is 2.31. The van der Waals surface area contributed by atoms with Crippen LogP contribution >= 0.6 is 0 Å². The molecule has 2 aromatic rings. The van der Waals surface area contributed by atoms with E-state index in [4.69, 9.17) is 10.7 Å². The molecule has 0 radical (unpaired) electrons. The number of primary amides is 1. The number of hydrogen-bond donors (Lipinski definition) is 2. The Balaban J connectivity index is 0.00000507. The van der Waals surface area contributed by atoms with Gasteiger partial charge in [0, 0.05) is 30.0 Å². The maximum absolute atomic E-state index is 13.7. The Morgan fingerprint density at radius 3 is 2.21 bits per heavy atom. The second kappa shape index (κ2) is 12.9. The third-order valence-electron chi connectivity index (χ3n) is 6.79. The number of benzodiazepines with no additional fused rings is 1. The van der Waals surface area contributed by atoms with Crippen LogP contribution < -0.4 is 16.0 Å². The lowest BCUT2D eigenvalue weighted by molar-refractivity contribution is -0.136. The van der Waals surface area contributed by atoms with Crippen molar-refractivity contribution >= 4 is 29.1 Å². The molecule has 3 amide bonds. The van der Waals surface area contributed by atoms with E-state index in [0.29, 0.717) is 24.2 Å². The molecule has 206 valence electrons. The smallest absolute Gasteiger partial charge is 0.272 e. The third kappa shape index (κ3) is 7.53. The Morgan fingerprint density at radius 1 is 1.03 bits per heavy atom. The molecule has 2 aromatic carbocycles. The maximum Gasteiger partial charge on any atom is 0.272 e. The molecule has 0 saturated heterocycles. The monoisotopic (exact) mass is 520 g/mol. The second-order valence-electron chi connectivity index (χ2n) is 11.5. The van der Waals surface area contributed by atoms with E-state index in [-0.39, 0.29) is 30.6 Å². The van der Waals surface area contributed by atoms with E-state index in [0.717, 1.165) is 17.5 Å². The molecule has 7 heteroatoms. The summed E-state index contributed by atoms with van der Waals surface area (Å²) >= 11 is 0. The average molecular weight is 521 g/mol. The zero-order valence-corrected chi connectivity index (χ0v) is 22.8. The average Bonchev–Trinajstić information content (AvgIpc) is 2.93. The van der Waals surface area contributed by atoms with Crippen LogP contribution in [0.15, 0.2) is 59.6 Å². The van der Waals surface area contributed by atoms with E-state index >= 15 is 0 Å². The van der Waals surface area contributed by atoms with Crippen molar-refractivity contribution in [3.05, 3.63) is 65.7 Å². The first-order valence-electron chi connectivity index (χ1n) is 13.0. The van der Waals surface area contributed by atoms with Crippen molar-refractivity contribution in [1.29, 1.82) is 0 Å². The summed E-state index contributed by atoms with van der Waals surface area (Å²) in [4.78, 5) is 46.1. The van der Waals surface area contributed by atoms with E-state index in [1.165, 1.54) is 4.90 Å². The largest absolute Gasteiger partial charge is 0.369 e. The number of hydrogen-bond acceptors (Lipinski definition) is 4. The number of anilines is 1. The third-order valence-corrected chi connectivity index (χ3v) is 6.79. The number of benzene rings is 2. The summed E-state index contributed by atoms with van der Waals surface area (Å²) in [5, 5.41) is 2.89. The fourth-order valence-electron chi connectivity index (χ4n) is 4.78. The number of rotatable bonds is 9. The van der Waals surface area contributed by atoms with Gasteiger partial charge in [0.15, 0.2) is 0 Å². The van der Waals surface area contributed by atoms with Gasteiger partial charge in [-0.1, -0.05) is 90.6 Å². The minimum absolute atomic E-state index is 0. The maximum atomic E-state index is 13.7. The standard InChI is InChI=1S/C30H40N4O3.CH4/c1-19(2)18-23(21(26(31)35)16-17-30(3,4)5)28(36)33-27-29(37)34(6)24-15-11-10-14-22(24)25(32-27)20-12-8-7-9-13-20;/h7-15,19,21,23,27H,16-18H2,1-6H3,(H2,31,35)(H,33,36);1H4/t21-,23+,27+;/m0./s1. The Bertz CT molecular complexity index is 1150. The molecular formula is C31H44N4O3. The molecule has 1 aliphatic heterocycles. The Labute approximate surface area is 227 Å². The molecule has 3 atom stereocenters.